The van der Waals surface area contributed by atoms with Gasteiger partial charge in [0.2, 0.25) is 11.8 Å². The van der Waals surface area contributed by atoms with Gasteiger partial charge in [-0.2, -0.15) is 0 Å². The fourth-order valence-corrected chi connectivity index (χ4v) is 5.25. The number of carbonyl (C=O) groups is 2. The van der Waals surface area contributed by atoms with Gasteiger partial charge in [-0.1, -0.05) is 48.9 Å². The van der Waals surface area contributed by atoms with Crippen molar-refractivity contribution in [2.45, 2.75) is 50.7 Å². The lowest BCUT2D eigenvalue weighted by molar-refractivity contribution is -0.139. The Labute approximate surface area is 228 Å². The summed E-state index contributed by atoms with van der Waals surface area (Å²) >= 11 is 6.01. The topological polar surface area (TPSA) is 86.8 Å². The highest BCUT2D eigenvalue weighted by atomic mass is 35.5. The zero-order valence-corrected chi connectivity index (χ0v) is 23.0. The molecule has 0 bridgehead atoms. The molecule has 10 heteroatoms. The average Bonchev–Trinajstić information content (AvgIpc) is 2.91. The molecule has 3 aromatic carbocycles. The van der Waals surface area contributed by atoms with E-state index in [0.29, 0.717) is 17.0 Å². The zero-order valence-electron chi connectivity index (χ0n) is 21.5. The summed E-state index contributed by atoms with van der Waals surface area (Å²) < 4.78 is 41.8. The third-order valence-corrected chi connectivity index (χ3v) is 8.20. The van der Waals surface area contributed by atoms with Crippen LogP contribution in [0.15, 0.2) is 83.8 Å². The number of halogens is 2. The van der Waals surface area contributed by atoms with E-state index in [-0.39, 0.29) is 29.1 Å². The van der Waals surface area contributed by atoms with Crippen molar-refractivity contribution in [1.82, 2.24) is 10.2 Å². The first-order chi connectivity index (χ1) is 18.0. The van der Waals surface area contributed by atoms with Crippen LogP contribution in [0.1, 0.15) is 32.8 Å². The van der Waals surface area contributed by atoms with Crippen molar-refractivity contribution < 1.29 is 22.4 Å². The molecule has 0 aliphatic carbocycles. The van der Waals surface area contributed by atoms with Crippen molar-refractivity contribution in [3.05, 3.63) is 95.3 Å². The molecule has 0 heterocycles. The molecule has 0 fully saturated rings. The minimum atomic E-state index is -4.20. The van der Waals surface area contributed by atoms with Gasteiger partial charge in [-0.25, -0.2) is 12.8 Å². The van der Waals surface area contributed by atoms with Gasteiger partial charge in [-0.3, -0.25) is 13.9 Å². The van der Waals surface area contributed by atoms with Crippen molar-refractivity contribution in [1.29, 1.82) is 0 Å². The smallest absolute Gasteiger partial charge is 0.264 e. The largest absolute Gasteiger partial charge is 0.352 e. The van der Waals surface area contributed by atoms with Crippen LogP contribution < -0.4 is 9.62 Å². The Hall–Kier alpha value is -3.43. The second-order valence-electron chi connectivity index (χ2n) is 8.94. The number of benzene rings is 3. The monoisotopic (exact) mass is 559 g/mol. The summed E-state index contributed by atoms with van der Waals surface area (Å²) in [6, 6.07) is 18.3. The van der Waals surface area contributed by atoms with Crippen molar-refractivity contribution in [3.8, 4) is 0 Å². The molecule has 0 aromatic heterocycles. The molecule has 0 radical (unpaired) electrons. The minimum absolute atomic E-state index is 0.0241. The molecule has 0 aliphatic rings. The van der Waals surface area contributed by atoms with Gasteiger partial charge in [-0.15, -0.1) is 0 Å². The number of sulfonamides is 1. The van der Waals surface area contributed by atoms with E-state index in [1.165, 1.54) is 29.2 Å². The van der Waals surface area contributed by atoms with E-state index in [2.05, 4.69) is 5.32 Å². The molecule has 1 N–H and O–H groups in total. The molecule has 7 nitrogen and oxygen atoms in total. The normalized spacial score (nSPS) is 12.9. The zero-order chi connectivity index (χ0) is 27.9. The molecule has 2 atom stereocenters. The van der Waals surface area contributed by atoms with Gasteiger partial charge in [0.1, 0.15) is 18.4 Å². The van der Waals surface area contributed by atoms with Crippen LogP contribution in [0.3, 0.4) is 0 Å². The Kier molecular flexibility index (Phi) is 9.88. The molecule has 0 saturated carbocycles. The number of hydrogen-bond acceptors (Lipinski definition) is 4. The van der Waals surface area contributed by atoms with Crippen LogP contribution in [0.5, 0.6) is 0 Å². The van der Waals surface area contributed by atoms with Crippen LogP contribution >= 0.6 is 11.6 Å². The number of anilines is 1. The van der Waals surface area contributed by atoms with E-state index in [4.69, 9.17) is 11.6 Å². The Morgan fingerprint density at radius 2 is 1.55 bits per heavy atom. The molecule has 0 aliphatic heterocycles. The van der Waals surface area contributed by atoms with E-state index in [9.17, 15) is 22.4 Å². The van der Waals surface area contributed by atoms with Gasteiger partial charge in [-0.05, 0) is 74.4 Å². The molecule has 0 spiro atoms. The molecule has 2 amide bonds. The molecule has 202 valence electrons. The quantitative estimate of drug-likeness (QED) is 0.358. The summed E-state index contributed by atoms with van der Waals surface area (Å²) in [5, 5.41) is 3.40. The molecular weight excluding hydrogens is 529 g/mol. The van der Waals surface area contributed by atoms with Gasteiger partial charge < -0.3 is 10.2 Å². The van der Waals surface area contributed by atoms with Crippen molar-refractivity contribution in [3.63, 3.8) is 0 Å². The predicted molar refractivity (Wildman–Crippen MR) is 147 cm³/mol. The number of amides is 2. The van der Waals surface area contributed by atoms with Crippen LogP contribution in [-0.4, -0.2) is 43.8 Å². The summed E-state index contributed by atoms with van der Waals surface area (Å²) in [6.07, 6.45) is 0.706. The third-order valence-electron chi connectivity index (χ3n) is 6.16. The van der Waals surface area contributed by atoms with E-state index in [0.717, 1.165) is 16.4 Å². The first kappa shape index (κ1) is 29.1. The Morgan fingerprint density at radius 3 is 2.13 bits per heavy atom. The van der Waals surface area contributed by atoms with Gasteiger partial charge >= 0.3 is 0 Å². The maximum atomic E-state index is 13.8. The lowest BCUT2D eigenvalue weighted by Gasteiger charge is -2.32. The maximum absolute atomic E-state index is 13.8. The third kappa shape index (κ3) is 7.33. The van der Waals surface area contributed by atoms with Gasteiger partial charge in [0, 0.05) is 17.6 Å². The summed E-state index contributed by atoms with van der Waals surface area (Å²) in [6.45, 7) is 4.84. The molecule has 38 heavy (non-hydrogen) atoms. The summed E-state index contributed by atoms with van der Waals surface area (Å²) in [7, 11) is -4.20. The van der Waals surface area contributed by atoms with E-state index < -0.39 is 34.3 Å². The Balaban J connectivity index is 2.00. The van der Waals surface area contributed by atoms with E-state index in [1.807, 2.05) is 13.8 Å². The van der Waals surface area contributed by atoms with E-state index in [1.54, 1.807) is 49.4 Å². The second-order valence-corrected chi connectivity index (χ2v) is 11.2. The first-order valence-electron chi connectivity index (χ1n) is 12.2. The summed E-state index contributed by atoms with van der Waals surface area (Å²) in [4.78, 5) is 28.1. The van der Waals surface area contributed by atoms with Gasteiger partial charge in [0.25, 0.3) is 10.0 Å². The minimum Gasteiger partial charge on any atom is -0.352 e. The number of hydrogen-bond donors (Lipinski definition) is 1. The number of carbonyl (C=O) groups excluding carboxylic acids is 2. The Morgan fingerprint density at radius 1 is 0.947 bits per heavy atom. The van der Waals surface area contributed by atoms with Crippen LogP contribution in [0.25, 0.3) is 0 Å². The molecular formula is C28H31ClFN3O4S. The average molecular weight is 560 g/mol. The summed E-state index contributed by atoms with van der Waals surface area (Å²) in [5.41, 5.74) is 0.831. The van der Waals surface area contributed by atoms with Crippen LogP contribution in [0, 0.1) is 5.82 Å². The lowest BCUT2D eigenvalue weighted by Crippen LogP contribution is -2.52. The molecule has 3 rings (SSSR count). The number of rotatable bonds is 11. The van der Waals surface area contributed by atoms with Crippen molar-refractivity contribution in [2.75, 3.05) is 10.8 Å². The van der Waals surface area contributed by atoms with Crippen molar-refractivity contribution in [2.24, 2.45) is 0 Å². The number of nitrogens with zero attached hydrogens (tertiary/aromatic N) is 2. The molecule has 0 unspecified atom stereocenters. The lowest BCUT2D eigenvalue weighted by atomic mass is 10.1. The van der Waals surface area contributed by atoms with E-state index >= 15 is 0 Å². The highest BCUT2D eigenvalue weighted by molar-refractivity contribution is 7.92. The Bertz CT molecular complexity index is 1340. The van der Waals surface area contributed by atoms with Crippen LogP contribution in [0.2, 0.25) is 5.02 Å². The van der Waals surface area contributed by atoms with Crippen LogP contribution in [-0.2, 0) is 26.2 Å². The van der Waals surface area contributed by atoms with Crippen LogP contribution in [0.4, 0.5) is 10.1 Å². The maximum Gasteiger partial charge on any atom is 0.264 e. The van der Waals surface area contributed by atoms with Crippen molar-refractivity contribution >= 4 is 39.1 Å². The summed E-state index contributed by atoms with van der Waals surface area (Å²) in [5.74, 6) is -1.51. The number of nitrogens with one attached hydrogen (secondary N) is 1. The standard InChI is InChI=1S/C28H31ClFN3O4S/c1-4-20(2)31-28(35)21(3)32(18-22-10-12-23(29)13-11-22)27(34)19-33(25-16-14-24(30)15-17-25)38(36,37)26-8-6-5-7-9-26/h5-17,20-21H,4,18-19H2,1-3H3,(H,31,35)/t20-,21-/m1/s1. The van der Waals surface area contributed by atoms with Gasteiger partial charge in [0.05, 0.1) is 10.6 Å². The fourth-order valence-electron chi connectivity index (χ4n) is 3.69. The highest BCUT2D eigenvalue weighted by Crippen LogP contribution is 2.25. The second kappa shape index (κ2) is 12.9. The molecule has 0 saturated heterocycles. The molecule has 3 aromatic rings. The SMILES string of the molecule is CC[C@@H](C)NC(=O)[C@@H](C)N(Cc1ccc(Cl)cc1)C(=O)CN(c1ccc(F)cc1)S(=O)(=O)c1ccccc1. The predicted octanol–water partition coefficient (Wildman–Crippen LogP) is 5.01. The highest BCUT2D eigenvalue weighted by Gasteiger charge is 2.32. The van der Waals surface area contributed by atoms with Gasteiger partial charge in [0.15, 0.2) is 0 Å². The fraction of sp³-hybridized carbons (Fsp3) is 0.286. The first-order valence-corrected chi connectivity index (χ1v) is 14.0.